The van der Waals surface area contributed by atoms with E-state index in [0.29, 0.717) is 19.8 Å². The van der Waals surface area contributed by atoms with Crippen LogP contribution in [0.3, 0.4) is 0 Å². The van der Waals surface area contributed by atoms with Gasteiger partial charge in [0.1, 0.15) is 5.82 Å². The molecule has 5 nitrogen and oxygen atoms in total. The van der Waals surface area contributed by atoms with Crippen LogP contribution in [0.15, 0.2) is 18.2 Å². The van der Waals surface area contributed by atoms with E-state index in [1.165, 1.54) is 12.1 Å². The highest BCUT2D eigenvalue weighted by atomic mass is 19.1. The zero-order chi connectivity index (χ0) is 15.2. The summed E-state index contributed by atoms with van der Waals surface area (Å²) in [5, 5.41) is 12.5. The van der Waals surface area contributed by atoms with Crippen molar-refractivity contribution in [3.63, 3.8) is 0 Å². The number of halogens is 1. The molecule has 6 heteroatoms. The van der Waals surface area contributed by atoms with E-state index in [1.807, 2.05) is 0 Å². The number of ether oxygens (including phenoxy) is 1. The summed E-state index contributed by atoms with van der Waals surface area (Å²) in [5.74, 6) is -1.05. The first-order valence-electron chi connectivity index (χ1n) is 7.09. The topological polar surface area (TPSA) is 61.8 Å². The van der Waals surface area contributed by atoms with Gasteiger partial charge < -0.3 is 15.2 Å². The van der Waals surface area contributed by atoms with Crippen molar-refractivity contribution in [3.05, 3.63) is 35.1 Å². The van der Waals surface area contributed by atoms with Gasteiger partial charge in [0.15, 0.2) is 0 Å². The van der Waals surface area contributed by atoms with Crippen LogP contribution >= 0.6 is 0 Å². The van der Waals surface area contributed by atoms with E-state index in [2.05, 4.69) is 10.2 Å². The minimum atomic E-state index is -0.680. The molecule has 1 unspecified atom stereocenters. The number of rotatable bonds is 5. The Hall–Kier alpha value is -1.50. The first-order chi connectivity index (χ1) is 10.1. The molecular weight excluding hydrogens is 275 g/mol. The number of nitrogens with zero attached hydrogens (tertiary/aromatic N) is 1. The van der Waals surface area contributed by atoms with Gasteiger partial charge in [0, 0.05) is 26.2 Å². The van der Waals surface area contributed by atoms with Crippen LogP contribution in [-0.2, 0) is 4.74 Å². The summed E-state index contributed by atoms with van der Waals surface area (Å²) in [6, 6.07) is 4.45. The number of aliphatic hydroxyl groups excluding tert-OH is 1. The number of hydrogen-bond donors (Lipinski definition) is 2. The van der Waals surface area contributed by atoms with Gasteiger partial charge in [-0.25, -0.2) is 4.39 Å². The number of amides is 1. The summed E-state index contributed by atoms with van der Waals surface area (Å²) in [4.78, 5) is 14.0. The Morgan fingerprint density at radius 2 is 2.19 bits per heavy atom. The van der Waals surface area contributed by atoms with Crippen LogP contribution in [0.2, 0.25) is 0 Å². The van der Waals surface area contributed by atoms with Gasteiger partial charge >= 0.3 is 0 Å². The van der Waals surface area contributed by atoms with Crippen molar-refractivity contribution in [2.75, 3.05) is 39.4 Å². The van der Waals surface area contributed by atoms with Gasteiger partial charge in [0.2, 0.25) is 0 Å². The molecule has 1 amide bonds. The van der Waals surface area contributed by atoms with Crippen LogP contribution < -0.4 is 5.32 Å². The third kappa shape index (κ3) is 4.77. The van der Waals surface area contributed by atoms with E-state index in [4.69, 9.17) is 4.74 Å². The number of aliphatic hydroxyl groups is 1. The largest absolute Gasteiger partial charge is 0.390 e. The van der Waals surface area contributed by atoms with Crippen LogP contribution in [0, 0.1) is 12.7 Å². The maximum absolute atomic E-state index is 13.7. The van der Waals surface area contributed by atoms with E-state index in [0.717, 1.165) is 18.7 Å². The Labute approximate surface area is 123 Å². The first kappa shape index (κ1) is 15.9. The quantitative estimate of drug-likeness (QED) is 0.833. The second-order valence-electron chi connectivity index (χ2n) is 5.26. The van der Waals surface area contributed by atoms with Crippen molar-refractivity contribution in [2.45, 2.75) is 13.0 Å². The Morgan fingerprint density at radius 3 is 2.86 bits per heavy atom. The van der Waals surface area contributed by atoms with Gasteiger partial charge in [0.25, 0.3) is 5.91 Å². The third-order valence-electron chi connectivity index (χ3n) is 3.44. The molecule has 0 aromatic heterocycles. The van der Waals surface area contributed by atoms with Crippen molar-refractivity contribution in [1.29, 1.82) is 0 Å². The molecule has 1 aliphatic rings. The van der Waals surface area contributed by atoms with E-state index >= 15 is 0 Å². The summed E-state index contributed by atoms with van der Waals surface area (Å²) in [6.07, 6.45) is -0.680. The summed E-state index contributed by atoms with van der Waals surface area (Å²) in [7, 11) is 0. The maximum atomic E-state index is 13.7. The lowest BCUT2D eigenvalue weighted by Crippen LogP contribution is -2.44. The lowest BCUT2D eigenvalue weighted by molar-refractivity contribution is 0.0149. The Kier molecular flexibility index (Phi) is 5.67. The predicted octanol–water partition coefficient (Wildman–Crippen LogP) is 0.557. The molecule has 0 aliphatic carbocycles. The number of benzene rings is 1. The molecule has 0 radical (unpaired) electrons. The van der Waals surface area contributed by atoms with E-state index in [9.17, 15) is 14.3 Å². The third-order valence-corrected chi connectivity index (χ3v) is 3.44. The Balaban J connectivity index is 1.80. The SMILES string of the molecule is Cc1ccc(C(=O)NCC(O)CN2CCOCC2)c(F)c1. The highest BCUT2D eigenvalue weighted by molar-refractivity contribution is 5.94. The Bertz CT molecular complexity index is 490. The number of β-amino-alcohol motifs (C(OH)–C–C–N with tert-alkyl or cyclic N) is 1. The average molecular weight is 296 g/mol. The molecular formula is C15H21FN2O3. The highest BCUT2D eigenvalue weighted by Crippen LogP contribution is 2.09. The summed E-state index contributed by atoms with van der Waals surface area (Å²) >= 11 is 0. The molecule has 1 aromatic carbocycles. The van der Waals surface area contributed by atoms with Crippen molar-refractivity contribution < 1.29 is 19.0 Å². The van der Waals surface area contributed by atoms with Gasteiger partial charge in [-0.3, -0.25) is 9.69 Å². The number of hydrogen-bond acceptors (Lipinski definition) is 4. The first-order valence-corrected chi connectivity index (χ1v) is 7.09. The normalized spacial score (nSPS) is 17.5. The maximum Gasteiger partial charge on any atom is 0.254 e. The second kappa shape index (κ2) is 7.49. The van der Waals surface area contributed by atoms with Gasteiger partial charge in [-0.15, -0.1) is 0 Å². The van der Waals surface area contributed by atoms with Crippen molar-refractivity contribution in [2.24, 2.45) is 0 Å². The summed E-state index contributed by atoms with van der Waals surface area (Å²) in [6.45, 7) is 5.21. The van der Waals surface area contributed by atoms with E-state index in [1.54, 1.807) is 13.0 Å². The number of morpholine rings is 1. The fourth-order valence-corrected chi connectivity index (χ4v) is 2.26. The number of carbonyl (C=O) groups is 1. The number of nitrogens with one attached hydrogen (secondary N) is 1. The molecule has 2 N–H and O–H groups in total. The van der Waals surface area contributed by atoms with Crippen LogP contribution in [0.25, 0.3) is 0 Å². The monoisotopic (exact) mass is 296 g/mol. The average Bonchev–Trinajstić information content (AvgIpc) is 2.46. The summed E-state index contributed by atoms with van der Waals surface area (Å²) in [5.41, 5.74) is 0.760. The van der Waals surface area contributed by atoms with Crippen LogP contribution in [0.5, 0.6) is 0 Å². The van der Waals surface area contributed by atoms with Crippen LogP contribution in [-0.4, -0.2) is 61.4 Å². The molecule has 1 saturated heterocycles. The molecule has 2 rings (SSSR count). The fraction of sp³-hybridized carbons (Fsp3) is 0.533. The minimum absolute atomic E-state index is 0.000766. The van der Waals surface area contributed by atoms with Gasteiger partial charge in [-0.1, -0.05) is 6.07 Å². The molecule has 21 heavy (non-hydrogen) atoms. The van der Waals surface area contributed by atoms with Gasteiger partial charge in [0.05, 0.1) is 24.9 Å². The summed E-state index contributed by atoms with van der Waals surface area (Å²) < 4.78 is 18.9. The molecule has 1 aliphatic heterocycles. The van der Waals surface area contributed by atoms with Crippen molar-refractivity contribution >= 4 is 5.91 Å². The standard InChI is InChI=1S/C15H21FN2O3/c1-11-2-3-13(14(16)8-11)15(20)17-9-12(19)10-18-4-6-21-7-5-18/h2-3,8,12,19H,4-7,9-10H2,1H3,(H,17,20). The Morgan fingerprint density at radius 1 is 1.48 bits per heavy atom. The fourth-order valence-electron chi connectivity index (χ4n) is 2.26. The number of aryl methyl sites for hydroxylation is 1. The second-order valence-corrected chi connectivity index (χ2v) is 5.26. The molecule has 1 fully saturated rings. The predicted molar refractivity (Wildman–Crippen MR) is 76.7 cm³/mol. The van der Waals surface area contributed by atoms with Crippen molar-refractivity contribution in [1.82, 2.24) is 10.2 Å². The molecule has 1 heterocycles. The smallest absolute Gasteiger partial charge is 0.254 e. The zero-order valence-electron chi connectivity index (χ0n) is 12.1. The molecule has 116 valence electrons. The number of carbonyl (C=O) groups excluding carboxylic acids is 1. The molecule has 0 spiro atoms. The van der Waals surface area contributed by atoms with Crippen LogP contribution in [0.4, 0.5) is 4.39 Å². The molecule has 1 atom stereocenters. The molecule has 1 aromatic rings. The highest BCUT2D eigenvalue weighted by Gasteiger charge is 2.17. The zero-order valence-corrected chi connectivity index (χ0v) is 12.1. The lowest BCUT2D eigenvalue weighted by Gasteiger charge is -2.28. The molecule has 0 saturated carbocycles. The lowest BCUT2D eigenvalue weighted by atomic mass is 10.1. The molecule has 0 bridgehead atoms. The van der Waals surface area contributed by atoms with E-state index in [-0.39, 0.29) is 12.1 Å². The van der Waals surface area contributed by atoms with Crippen molar-refractivity contribution in [3.8, 4) is 0 Å². The van der Waals surface area contributed by atoms with Gasteiger partial charge in [-0.05, 0) is 24.6 Å². The van der Waals surface area contributed by atoms with E-state index < -0.39 is 17.8 Å². The minimum Gasteiger partial charge on any atom is -0.390 e. The van der Waals surface area contributed by atoms with Crippen LogP contribution in [0.1, 0.15) is 15.9 Å². The van der Waals surface area contributed by atoms with Gasteiger partial charge in [-0.2, -0.15) is 0 Å².